The van der Waals surface area contributed by atoms with Gasteiger partial charge in [-0.1, -0.05) is 0 Å². The van der Waals surface area contributed by atoms with Crippen molar-refractivity contribution in [1.82, 2.24) is 30.2 Å². The fourth-order valence-electron chi connectivity index (χ4n) is 5.10. The molecule has 0 saturated carbocycles. The minimum Gasteiger partial charge on any atom is -0.453 e. The van der Waals surface area contributed by atoms with Gasteiger partial charge in [-0.2, -0.15) is 0 Å². The second-order valence-corrected chi connectivity index (χ2v) is 12.7. The molecule has 0 spiro atoms. The average Bonchev–Trinajstić information content (AvgIpc) is 3.77. The number of carbonyl (C=O) groups is 2. The molecule has 198 valence electrons. The number of nitrogens with zero attached hydrogens (tertiary/aromatic N) is 3. The second kappa shape index (κ2) is 9.90. The van der Waals surface area contributed by atoms with E-state index in [1.807, 2.05) is 12.4 Å². The lowest BCUT2D eigenvalue weighted by Gasteiger charge is -2.23. The van der Waals surface area contributed by atoms with Gasteiger partial charge in [0, 0.05) is 50.3 Å². The molecule has 6 aromatic rings. The molecule has 0 aromatic carbocycles. The van der Waals surface area contributed by atoms with Crippen LogP contribution in [0.5, 0.6) is 0 Å². The molecule has 1 aliphatic heterocycles. The van der Waals surface area contributed by atoms with Crippen LogP contribution in [0.4, 0.5) is 4.79 Å². The van der Waals surface area contributed by atoms with Crippen LogP contribution in [0.1, 0.15) is 24.7 Å². The summed E-state index contributed by atoms with van der Waals surface area (Å²) in [5.74, 6) is 0.627. The molecule has 9 nitrogen and oxygen atoms in total. The summed E-state index contributed by atoms with van der Waals surface area (Å²) < 4.78 is 9.67. The first-order valence-electron chi connectivity index (χ1n) is 12.3. The molecule has 1 saturated heterocycles. The minimum absolute atomic E-state index is 0.0939. The second-order valence-electron chi connectivity index (χ2n) is 9.15. The molecule has 1 atom stereocenters. The first-order chi connectivity index (χ1) is 19.1. The Hall–Kier alpha value is -3.52. The molecule has 13 heteroatoms. The lowest BCUT2D eigenvalue weighted by molar-refractivity contribution is -0.131. The van der Waals surface area contributed by atoms with E-state index in [1.165, 1.54) is 42.6 Å². The van der Waals surface area contributed by atoms with E-state index in [-0.39, 0.29) is 18.5 Å². The SMILES string of the molecule is COC(=O)NCC(=O)N1CCC[C@H]1c1ncc(-c2csc3c(-c4csc5c(-c6cnc[nH]6)csc45)csc23)[nH]1. The number of imidazole rings is 2. The summed E-state index contributed by atoms with van der Waals surface area (Å²) in [5, 5.41) is 11.4. The van der Waals surface area contributed by atoms with Crippen LogP contribution in [0.3, 0.4) is 0 Å². The van der Waals surface area contributed by atoms with Crippen LogP contribution in [-0.4, -0.2) is 57.0 Å². The van der Waals surface area contributed by atoms with Gasteiger partial charge >= 0.3 is 6.09 Å². The standard InChI is InChI=1S/C26H22N6O3S4/c1-35-26(34)29-7-20(33)32-4-2-3-19(32)25-28-6-18(31-25)16-11-39-22-14(9-37-24(16)22)13-8-36-23-15(10-38-21(13)23)17-5-27-12-30-17/h5-6,8-12,19H,2-4,7H2,1H3,(H,27,30)(H,28,31)(H,29,34)/t19-/m0/s1. The van der Waals surface area contributed by atoms with Crippen LogP contribution in [-0.2, 0) is 9.53 Å². The summed E-state index contributed by atoms with van der Waals surface area (Å²) in [6.45, 7) is 0.544. The van der Waals surface area contributed by atoms with E-state index in [2.05, 4.69) is 51.5 Å². The van der Waals surface area contributed by atoms with Crippen molar-refractivity contribution in [2.45, 2.75) is 18.9 Å². The van der Waals surface area contributed by atoms with Gasteiger partial charge in [-0.3, -0.25) is 4.79 Å². The number of alkyl carbamates (subject to hydrolysis) is 1. The third-order valence-corrected chi connectivity index (χ3v) is 11.3. The molecule has 3 N–H and O–H groups in total. The van der Waals surface area contributed by atoms with Crippen molar-refractivity contribution >= 4 is 76.1 Å². The van der Waals surface area contributed by atoms with Crippen molar-refractivity contribution in [3.05, 3.63) is 46.1 Å². The zero-order valence-corrected chi connectivity index (χ0v) is 23.9. The zero-order chi connectivity index (χ0) is 26.5. The van der Waals surface area contributed by atoms with Crippen molar-refractivity contribution < 1.29 is 14.3 Å². The highest BCUT2D eigenvalue weighted by Crippen LogP contribution is 2.49. The number of nitrogens with one attached hydrogen (secondary N) is 3. The van der Waals surface area contributed by atoms with Crippen LogP contribution in [0, 0.1) is 0 Å². The maximum absolute atomic E-state index is 12.8. The summed E-state index contributed by atoms with van der Waals surface area (Å²) >= 11 is 7.05. The number of likely N-dealkylation sites (tertiary alicyclic amines) is 1. The molecule has 0 unspecified atom stereocenters. The molecule has 39 heavy (non-hydrogen) atoms. The van der Waals surface area contributed by atoms with E-state index in [0.717, 1.165) is 35.6 Å². The first-order valence-corrected chi connectivity index (χ1v) is 15.8. The zero-order valence-electron chi connectivity index (χ0n) is 20.6. The summed E-state index contributed by atoms with van der Waals surface area (Å²) in [6, 6.07) is -0.138. The van der Waals surface area contributed by atoms with Gasteiger partial charge in [0.15, 0.2) is 0 Å². The highest BCUT2D eigenvalue weighted by atomic mass is 32.1. The fraction of sp³-hybridized carbons (Fsp3) is 0.231. The maximum Gasteiger partial charge on any atom is 0.407 e. The van der Waals surface area contributed by atoms with E-state index in [4.69, 9.17) is 0 Å². The molecule has 7 heterocycles. The molecule has 0 radical (unpaired) electrons. The third-order valence-electron chi connectivity index (χ3n) is 6.99. The van der Waals surface area contributed by atoms with Crippen LogP contribution < -0.4 is 5.32 Å². The van der Waals surface area contributed by atoms with Gasteiger partial charge in [0.05, 0.1) is 62.1 Å². The van der Waals surface area contributed by atoms with Gasteiger partial charge in [0.1, 0.15) is 12.4 Å². The van der Waals surface area contributed by atoms with E-state index in [0.29, 0.717) is 6.54 Å². The predicted molar refractivity (Wildman–Crippen MR) is 158 cm³/mol. The normalized spacial score (nSPS) is 15.5. The number of aromatic nitrogens is 4. The third kappa shape index (κ3) is 4.16. The molecule has 1 fully saturated rings. The number of hydrogen-bond acceptors (Lipinski definition) is 9. The number of thiophene rings is 4. The van der Waals surface area contributed by atoms with Crippen molar-refractivity contribution in [3.8, 4) is 33.6 Å². The number of methoxy groups -OCH3 is 1. The van der Waals surface area contributed by atoms with Crippen molar-refractivity contribution in [3.63, 3.8) is 0 Å². The Morgan fingerprint density at radius 1 is 0.974 bits per heavy atom. The van der Waals surface area contributed by atoms with Gasteiger partial charge in [-0.25, -0.2) is 14.8 Å². The number of carbonyl (C=O) groups excluding carboxylic acids is 2. The molecule has 0 bridgehead atoms. The fourth-order valence-corrected chi connectivity index (χ4v) is 9.95. The molecule has 7 rings (SSSR count). The Kier molecular flexibility index (Phi) is 6.22. The maximum atomic E-state index is 12.8. The summed E-state index contributed by atoms with van der Waals surface area (Å²) in [7, 11) is 1.28. The smallest absolute Gasteiger partial charge is 0.407 e. The Morgan fingerprint density at radius 3 is 2.26 bits per heavy atom. The molecular weight excluding hydrogens is 573 g/mol. The van der Waals surface area contributed by atoms with Crippen LogP contribution in [0.15, 0.2) is 40.2 Å². The van der Waals surface area contributed by atoms with E-state index >= 15 is 0 Å². The molecular formula is C26H22N6O3S4. The number of aromatic amines is 2. The molecule has 6 aromatic heterocycles. The van der Waals surface area contributed by atoms with Crippen molar-refractivity contribution in [2.24, 2.45) is 0 Å². The van der Waals surface area contributed by atoms with E-state index in [1.54, 1.807) is 56.6 Å². The number of ether oxygens (including phenoxy) is 1. The number of fused-ring (bicyclic) bond motifs is 2. The predicted octanol–water partition coefficient (Wildman–Crippen LogP) is 6.71. The number of H-pyrrole nitrogens is 2. The summed E-state index contributed by atoms with van der Waals surface area (Å²) in [4.78, 5) is 41.5. The lowest BCUT2D eigenvalue weighted by Crippen LogP contribution is -2.40. The van der Waals surface area contributed by atoms with Crippen LogP contribution in [0.25, 0.3) is 52.4 Å². The van der Waals surface area contributed by atoms with Gasteiger partial charge in [-0.15, -0.1) is 45.3 Å². The lowest BCUT2D eigenvalue weighted by atomic mass is 10.1. The number of amides is 2. The highest BCUT2D eigenvalue weighted by Gasteiger charge is 2.32. The topological polar surface area (TPSA) is 116 Å². The first kappa shape index (κ1) is 24.5. The Morgan fingerprint density at radius 2 is 1.62 bits per heavy atom. The highest BCUT2D eigenvalue weighted by molar-refractivity contribution is 7.29. The van der Waals surface area contributed by atoms with Crippen LogP contribution in [0.2, 0.25) is 0 Å². The minimum atomic E-state index is -0.614. The molecule has 1 aliphatic rings. The largest absolute Gasteiger partial charge is 0.453 e. The van der Waals surface area contributed by atoms with Crippen molar-refractivity contribution in [1.29, 1.82) is 0 Å². The van der Waals surface area contributed by atoms with Crippen LogP contribution >= 0.6 is 45.3 Å². The summed E-state index contributed by atoms with van der Waals surface area (Å²) in [5.41, 5.74) is 6.86. The van der Waals surface area contributed by atoms with Gasteiger partial charge in [-0.05, 0) is 12.8 Å². The summed E-state index contributed by atoms with van der Waals surface area (Å²) in [6.07, 6.45) is 6.55. The molecule has 0 aliphatic carbocycles. The number of hydrogen-bond donors (Lipinski definition) is 3. The number of rotatable bonds is 6. The average molecular weight is 595 g/mol. The van der Waals surface area contributed by atoms with Gasteiger partial charge < -0.3 is 24.9 Å². The van der Waals surface area contributed by atoms with E-state index < -0.39 is 6.09 Å². The monoisotopic (exact) mass is 594 g/mol. The quantitative estimate of drug-likeness (QED) is 0.198. The van der Waals surface area contributed by atoms with E-state index in [9.17, 15) is 9.59 Å². The Bertz CT molecular complexity index is 1810. The van der Waals surface area contributed by atoms with Gasteiger partial charge in [0.25, 0.3) is 0 Å². The molecule has 2 amide bonds. The Balaban J connectivity index is 1.16. The Labute approximate surface area is 238 Å². The van der Waals surface area contributed by atoms with Crippen molar-refractivity contribution in [2.75, 3.05) is 20.2 Å². The van der Waals surface area contributed by atoms with Gasteiger partial charge in [0.2, 0.25) is 5.91 Å².